The molecule has 16 heavy (non-hydrogen) atoms. The second-order valence-electron chi connectivity index (χ2n) is 3.37. The van der Waals surface area contributed by atoms with Crippen LogP contribution in [0.3, 0.4) is 0 Å². The van der Waals surface area contributed by atoms with Gasteiger partial charge < -0.3 is 15.3 Å². The highest BCUT2D eigenvalue weighted by atomic mass is 16.4. The van der Waals surface area contributed by atoms with E-state index in [4.69, 9.17) is 11.5 Å². The molecule has 0 spiro atoms. The van der Waals surface area contributed by atoms with Crippen molar-refractivity contribution in [3.8, 4) is 12.3 Å². The van der Waals surface area contributed by atoms with Gasteiger partial charge in [0.25, 0.3) is 0 Å². The quantitative estimate of drug-likeness (QED) is 0.661. The number of hydrogen-bond donors (Lipinski definition) is 2. The van der Waals surface area contributed by atoms with E-state index in [0.717, 1.165) is 6.42 Å². The molecule has 0 aliphatic carbocycles. The third kappa shape index (κ3) is 4.69. The van der Waals surface area contributed by atoms with E-state index in [1.807, 2.05) is 6.92 Å². The van der Waals surface area contributed by atoms with Gasteiger partial charge >= 0.3 is 12.0 Å². The van der Waals surface area contributed by atoms with Gasteiger partial charge in [0.05, 0.1) is 6.54 Å². The Morgan fingerprint density at radius 3 is 2.50 bits per heavy atom. The molecule has 0 unspecified atom stereocenters. The van der Waals surface area contributed by atoms with Crippen LogP contribution in [0.2, 0.25) is 0 Å². The lowest BCUT2D eigenvalue weighted by Crippen LogP contribution is -2.48. The average Bonchev–Trinajstić information content (AvgIpc) is 2.24. The monoisotopic (exact) mass is 226 g/mol. The van der Waals surface area contributed by atoms with Gasteiger partial charge in [0.2, 0.25) is 0 Å². The summed E-state index contributed by atoms with van der Waals surface area (Å²) in [5.74, 6) is 1.34. The summed E-state index contributed by atoms with van der Waals surface area (Å²) in [6.07, 6.45) is 6.25. The van der Waals surface area contributed by atoms with Crippen LogP contribution in [0.25, 0.3) is 0 Å². The molecule has 0 aromatic heterocycles. The second kappa shape index (κ2) is 7.57. The van der Waals surface area contributed by atoms with Gasteiger partial charge in [0, 0.05) is 6.54 Å². The standard InChI is InChI=1S/C11H18N2O3/c1-4-7-13(8-5-2)11(16)12-9(6-3)10(14)15/h1,9H,5-8H2,2-3H3,(H,12,16)(H,14,15)/t9-/m0/s1. The van der Waals surface area contributed by atoms with Crippen molar-refractivity contribution in [3.05, 3.63) is 0 Å². The summed E-state index contributed by atoms with van der Waals surface area (Å²) in [6.45, 7) is 4.33. The lowest BCUT2D eigenvalue weighted by molar-refractivity contribution is -0.139. The van der Waals surface area contributed by atoms with Crippen LogP contribution in [-0.2, 0) is 4.79 Å². The number of urea groups is 1. The maximum atomic E-state index is 11.7. The zero-order valence-electron chi connectivity index (χ0n) is 9.69. The van der Waals surface area contributed by atoms with Gasteiger partial charge in [-0.05, 0) is 12.8 Å². The predicted octanol–water partition coefficient (Wildman–Crippen LogP) is 0.904. The van der Waals surface area contributed by atoms with Crippen LogP contribution in [0.1, 0.15) is 26.7 Å². The Morgan fingerprint density at radius 1 is 1.50 bits per heavy atom. The average molecular weight is 226 g/mol. The number of rotatable bonds is 6. The van der Waals surface area contributed by atoms with Crippen molar-refractivity contribution in [1.82, 2.24) is 10.2 Å². The molecule has 2 amide bonds. The molecule has 0 saturated heterocycles. The summed E-state index contributed by atoms with van der Waals surface area (Å²) in [5.41, 5.74) is 0. The van der Waals surface area contributed by atoms with Gasteiger partial charge in [-0.15, -0.1) is 6.42 Å². The molecule has 0 fully saturated rings. The molecule has 0 saturated carbocycles. The summed E-state index contributed by atoms with van der Waals surface area (Å²) in [4.78, 5) is 23.8. The molecular formula is C11H18N2O3. The van der Waals surface area contributed by atoms with Crippen molar-refractivity contribution in [2.45, 2.75) is 32.7 Å². The molecule has 5 heteroatoms. The molecule has 2 N–H and O–H groups in total. The Bertz CT molecular complexity index is 283. The summed E-state index contributed by atoms with van der Waals surface area (Å²) in [6, 6.07) is -1.28. The summed E-state index contributed by atoms with van der Waals surface area (Å²) in [5, 5.41) is 11.2. The number of carbonyl (C=O) groups excluding carboxylic acids is 1. The fraction of sp³-hybridized carbons (Fsp3) is 0.636. The third-order valence-corrected chi connectivity index (χ3v) is 2.07. The molecule has 0 heterocycles. The van der Waals surface area contributed by atoms with Gasteiger partial charge in [0.1, 0.15) is 6.04 Å². The molecule has 90 valence electrons. The number of nitrogens with zero attached hydrogens (tertiary/aromatic N) is 1. The van der Waals surface area contributed by atoms with E-state index in [-0.39, 0.29) is 6.54 Å². The number of aliphatic carboxylic acids is 1. The first kappa shape index (κ1) is 14.3. The first-order valence-corrected chi connectivity index (χ1v) is 5.28. The van der Waals surface area contributed by atoms with Gasteiger partial charge in [0.15, 0.2) is 0 Å². The van der Waals surface area contributed by atoms with Crippen molar-refractivity contribution < 1.29 is 14.7 Å². The number of carboxylic acid groups (broad SMARTS) is 1. The van der Waals surface area contributed by atoms with Crippen molar-refractivity contribution in [2.75, 3.05) is 13.1 Å². The number of terminal acetylenes is 1. The zero-order valence-corrected chi connectivity index (χ0v) is 9.69. The zero-order chi connectivity index (χ0) is 12.6. The Hall–Kier alpha value is -1.70. The second-order valence-corrected chi connectivity index (χ2v) is 3.37. The number of hydrogen-bond acceptors (Lipinski definition) is 2. The van der Waals surface area contributed by atoms with Gasteiger partial charge in [-0.2, -0.15) is 0 Å². The predicted molar refractivity (Wildman–Crippen MR) is 60.9 cm³/mol. The highest BCUT2D eigenvalue weighted by molar-refractivity contribution is 5.82. The van der Waals surface area contributed by atoms with E-state index in [0.29, 0.717) is 13.0 Å². The first-order valence-electron chi connectivity index (χ1n) is 5.28. The molecule has 0 aliphatic rings. The summed E-state index contributed by atoms with van der Waals surface area (Å²) < 4.78 is 0. The fourth-order valence-electron chi connectivity index (χ4n) is 1.21. The Kier molecular flexibility index (Phi) is 6.77. The first-order chi connectivity index (χ1) is 7.56. The number of carbonyl (C=O) groups is 2. The van der Waals surface area contributed by atoms with Crippen LogP contribution in [0.5, 0.6) is 0 Å². The Balaban J connectivity index is 4.39. The summed E-state index contributed by atoms with van der Waals surface area (Å²) in [7, 11) is 0. The maximum absolute atomic E-state index is 11.7. The van der Waals surface area contributed by atoms with Crippen LogP contribution in [0.15, 0.2) is 0 Å². The SMILES string of the molecule is C#CCN(CCC)C(=O)N[C@@H](CC)C(=O)O. The molecule has 0 radical (unpaired) electrons. The minimum Gasteiger partial charge on any atom is -0.480 e. The molecular weight excluding hydrogens is 208 g/mol. The van der Waals surface area contributed by atoms with Crippen LogP contribution >= 0.6 is 0 Å². The largest absolute Gasteiger partial charge is 0.480 e. The molecule has 1 atom stereocenters. The molecule has 0 aromatic rings. The van der Waals surface area contributed by atoms with Crippen LogP contribution < -0.4 is 5.32 Å². The fourth-order valence-corrected chi connectivity index (χ4v) is 1.21. The van der Waals surface area contributed by atoms with Crippen molar-refractivity contribution in [3.63, 3.8) is 0 Å². The third-order valence-electron chi connectivity index (χ3n) is 2.07. The van der Waals surface area contributed by atoms with E-state index in [2.05, 4.69) is 11.2 Å². The normalized spacial score (nSPS) is 11.3. The van der Waals surface area contributed by atoms with E-state index in [1.54, 1.807) is 6.92 Å². The highest BCUT2D eigenvalue weighted by Gasteiger charge is 2.20. The minimum absolute atomic E-state index is 0.190. The van der Waals surface area contributed by atoms with Gasteiger partial charge in [-0.25, -0.2) is 9.59 Å². The summed E-state index contributed by atoms with van der Waals surface area (Å²) >= 11 is 0. The van der Waals surface area contributed by atoms with E-state index < -0.39 is 18.0 Å². The smallest absolute Gasteiger partial charge is 0.326 e. The Labute approximate surface area is 95.8 Å². The van der Waals surface area contributed by atoms with Crippen LogP contribution in [0, 0.1) is 12.3 Å². The van der Waals surface area contributed by atoms with E-state index in [1.165, 1.54) is 4.90 Å². The highest BCUT2D eigenvalue weighted by Crippen LogP contribution is 1.96. The maximum Gasteiger partial charge on any atom is 0.326 e. The molecule has 5 nitrogen and oxygen atoms in total. The molecule has 0 bridgehead atoms. The van der Waals surface area contributed by atoms with Gasteiger partial charge in [-0.3, -0.25) is 0 Å². The number of amides is 2. The van der Waals surface area contributed by atoms with Crippen molar-refractivity contribution in [2.24, 2.45) is 0 Å². The molecule has 0 aliphatic heterocycles. The van der Waals surface area contributed by atoms with Crippen molar-refractivity contribution >= 4 is 12.0 Å². The van der Waals surface area contributed by atoms with Crippen molar-refractivity contribution in [1.29, 1.82) is 0 Å². The molecule has 0 rings (SSSR count). The number of carboxylic acids is 1. The minimum atomic E-state index is -1.03. The van der Waals surface area contributed by atoms with Crippen LogP contribution in [-0.4, -0.2) is 41.1 Å². The van der Waals surface area contributed by atoms with Crippen LogP contribution in [0.4, 0.5) is 4.79 Å². The lowest BCUT2D eigenvalue weighted by atomic mass is 10.2. The topological polar surface area (TPSA) is 69.6 Å². The molecule has 0 aromatic carbocycles. The Morgan fingerprint density at radius 2 is 2.12 bits per heavy atom. The van der Waals surface area contributed by atoms with Gasteiger partial charge in [-0.1, -0.05) is 19.8 Å². The van der Waals surface area contributed by atoms with E-state index in [9.17, 15) is 9.59 Å². The van der Waals surface area contributed by atoms with E-state index >= 15 is 0 Å². The number of nitrogens with one attached hydrogen (secondary N) is 1. The lowest BCUT2D eigenvalue weighted by Gasteiger charge is -2.22.